The molecule has 0 spiro atoms. The molecule has 0 unspecified atom stereocenters. The molecule has 0 fully saturated rings. The molecule has 1 N–H and O–H groups in total. The van der Waals surface area contributed by atoms with Crippen LogP contribution in [-0.4, -0.2) is 40.4 Å². The number of hydrogen-bond acceptors (Lipinski definition) is 4. The molecular weight excluding hydrogens is 360 g/mol. The highest BCUT2D eigenvalue weighted by Gasteiger charge is 2.23. The van der Waals surface area contributed by atoms with Gasteiger partial charge in [-0.15, -0.1) is 0 Å². The van der Waals surface area contributed by atoms with E-state index in [-0.39, 0.29) is 5.91 Å². The maximum absolute atomic E-state index is 12.7. The predicted molar refractivity (Wildman–Crippen MR) is 115 cm³/mol. The minimum absolute atomic E-state index is 0.0455. The molecule has 1 aliphatic rings. The molecule has 0 radical (unpaired) electrons. The molecule has 2 aromatic carbocycles. The van der Waals surface area contributed by atoms with Gasteiger partial charge in [0.05, 0.1) is 17.1 Å². The highest BCUT2D eigenvalue weighted by atomic mass is 16.1. The Kier molecular flexibility index (Phi) is 5.41. The summed E-state index contributed by atoms with van der Waals surface area (Å²) in [4.78, 5) is 23.9. The summed E-state index contributed by atoms with van der Waals surface area (Å²) in [5, 5.41) is 3.10. The third-order valence-electron chi connectivity index (χ3n) is 5.61. The average molecular weight is 386 g/mol. The number of carbonyl (C=O) groups excluding carboxylic acids is 1. The predicted octanol–water partition coefficient (Wildman–Crippen LogP) is 3.55. The van der Waals surface area contributed by atoms with Gasteiger partial charge in [-0.25, -0.2) is 4.98 Å². The van der Waals surface area contributed by atoms with Gasteiger partial charge in [-0.2, -0.15) is 0 Å². The molecule has 3 aromatic rings. The summed E-state index contributed by atoms with van der Waals surface area (Å²) in [6.07, 6.45) is 2.72. The molecule has 1 aromatic heterocycles. The molecule has 0 saturated heterocycles. The minimum atomic E-state index is -0.0455. The summed E-state index contributed by atoms with van der Waals surface area (Å²) in [6.45, 7) is 5.43. The number of aryl methyl sites for hydroxylation is 2. The summed E-state index contributed by atoms with van der Waals surface area (Å²) in [5.74, 6) is -0.0455. The number of hydrogen-bond donors (Lipinski definition) is 1. The number of benzene rings is 2. The lowest BCUT2D eigenvalue weighted by molar-refractivity contribution is 0.0934. The monoisotopic (exact) mass is 386 g/mol. The Balaban J connectivity index is 1.41. The Morgan fingerprint density at radius 2 is 1.83 bits per heavy atom. The van der Waals surface area contributed by atoms with Crippen LogP contribution in [0.3, 0.4) is 0 Å². The molecule has 5 nitrogen and oxygen atoms in total. The summed E-state index contributed by atoms with van der Waals surface area (Å²) < 4.78 is 0. The number of carbonyl (C=O) groups is 1. The van der Waals surface area contributed by atoms with Gasteiger partial charge in [0.1, 0.15) is 0 Å². The van der Waals surface area contributed by atoms with Crippen LogP contribution in [0.1, 0.15) is 32.9 Å². The highest BCUT2D eigenvalue weighted by molar-refractivity contribution is 5.94. The van der Waals surface area contributed by atoms with Gasteiger partial charge >= 0.3 is 0 Å². The van der Waals surface area contributed by atoms with Crippen LogP contribution in [0.2, 0.25) is 0 Å². The van der Waals surface area contributed by atoms with Crippen LogP contribution in [0.5, 0.6) is 0 Å². The normalized spacial score (nSPS) is 16.3. The second-order valence-corrected chi connectivity index (χ2v) is 7.77. The zero-order valence-electron chi connectivity index (χ0n) is 17.1. The van der Waals surface area contributed by atoms with Crippen molar-refractivity contribution in [3.63, 3.8) is 0 Å². The summed E-state index contributed by atoms with van der Waals surface area (Å²) >= 11 is 0. The lowest BCUT2D eigenvalue weighted by atomic mass is 9.94. The third kappa shape index (κ3) is 4.20. The Hall–Kier alpha value is -3.05. The minimum Gasteiger partial charge on any atom is -0.350 e. The first-order chi connectivity index (χ1) is 14.0. The van der Waals surface area contributed by atoms with E-state index in [1.54, 1.807) is 6.20 Å². The zero-order valence-corrected chi connectivity index (χ0v) is 17.1. The van der Waals surface area contributed by atoms with E-state index in [4.69, 9.17) is 0 Å². The molecule has 29 heavy (non-hydrogen) atoms. The van der Waals surface area contributed by atoms with Crippen molar-refractivity contribution in [2.45, 2.75) is 32.9 Å². The topological polar surface area (TPSA) is 58.1 Å². The van der Waals surface area contributed by atoms with Crippen molar-refractivity contribution in [3.8, 4) is 11.3 Å². The Labute approximate surface area is 171 Å². The van der Waals surface area contributed by atoms with Crippen LogP contribution < -0.4 is 5.32 Å². The van der Waals surface area contributed by atoms with Crippen molar-refractivity contribution in [3.05, 3.63) is 82.8 Å². The number of fused-ring (bicyclic) bond motifs is 1. The van der Waals surface area contributed by atoms with Gasteiger partial charge in [0.2, 0.25) is 0 Å². The smallest absolute Gasteiger partial charge is 0.251 e. The first-order valence-electron chi connectivity index (χ1n) is 9.97. The van der Waals surface area contributed by atoms with Crippen molar-refractivity contribution in [2.75, 3.05) is 13.6 Å². The standard InChI is InChI=1S/C24H26N4O/c1-16-13-25-17(2)23(27-16)18-8-10-19(11-9-18)24(29)26-14-22-12-20-6-4-5-7-21(20)15-28(22)3/h4-11,13,22H,12,14-15H2,1-3H3,(H,26,29)/t22-/m1/s1. The number of likely N-dealkylation sites (N-methyl/N-ethyl adjacent to an activating group) is 1. The number of rotatable bonds is 4. The largest absolute Gasteiger partial charge is 0.350 e. The van der Waals surface area contributed by atoms with Gasteiger partial charge in [0.25, 0.3) is 5.91 Å². The van der Waals surface area contributed by atoms with E-state index in [9.17, 15) is 4.79 Å². The zero-order chi connectivity index (χ0) is 20.4. The van der Waals surface area contributed by atoms with Crippen molar-refractivity contribution >= 4 is 5.91 Å². The van der Waals surface area contributed by atoms with Crippen LogP contribution in [-0.2, 0) is 13.0 Å². The maximum Gasteiger partial charge on any atom is 0.251 e. The molecule has 2 heterocycles. The summed E-state index contributed by atoms with van der Waals surface area (Å²) in [6, 6.07) is 16.4. The Bertz CT molecular complexity index is 1030. The van der Waals surface area contributed by atoms with Crippen molar-refractivity contribution < 1.29 is 4.79 Å². The van der Waals surface area contributed by atoms with Gasteiger partial charge in [0, 0.05) is 36.5 Å². The fourth-order valence-electron chi connectivity index (χ4n) is 3.85. The Morgan fingerprint density at radius 3 is 2.59 bits per heavy atom. The van der Waals surface area contributed by atoms with Crippen LogP contribution in [0.25, 0.3) is 11.3 Å². The first-order valence-corrected chi connectivity index (χ1v) is 9.97. The number of nitrogens with zero attached hydrogens (tertiary/aromatic N) is 3. The molecule has 0 bridgehead atoms. The van der Waals surface area contributed by atoms with E-state index in [0.29, 0.717) is 18.2 Å². The second-order valence-electron chi connectivity index (χ2n) is 7.77. The maximum atomic E-state index is 12.7. The number of aromatic nitrogens is 2. The van der Waals surface area contributed by atoms with Crippen molar-refractivity contribution in [2.24, 2.45) is 0 Å². The fourth-order valence-corrected chi connectivity index (χ4v) is 3.85. The number of amides is 1. The summed E-state index contributed by atoms with van der Waals surface area (Å²) in [7, 11) is 2.12. The van der Waals surface area contributed by atoms with Gasteiger partial charge in [-0.3, -0.25) is 14.7 Å². The quantitative estimate of drug-likeness (QED) is 0.745. The van der Waals surface area contributed by atoms with Crippen LogP contribution in [0.15, 0.2) is 54.7 Å². The van der Waals surface area contributed by atoms with E-state index in [1.807, 2.05) is 38.1 Å². The van der Waals surface area contributed by atoms with Crippen LogP contribution >= 0.6 is 0 Å². The average Bonchev–Trinajstić information content (AvgIpc) is 2.74. The van der Waals surface area contributed by atoms with Crippen molar-refractivity contribution in [1.29, 1.82) is 0 Å². The molecule has 4 rings (SSSR count). The van der Waals surface area contributed by atoms with E-state index >= 15 is 0 Å². The first kappa shape index (κ1) is 19.3. The molecular formula is C24H26N4O. The molecule has 1 atom stereocenters. The summed E-state index contributed by atoms with van der Waals surface area (Å²) in [5.41, 5.74) is 7.01. The van der Waals surface area contributed by atoms with Gasteiger partial charge in [-0.05, 0) is 50.6 Å². The van der Waals surface area contributed by atoms with Gasteiger partial charge < -0.3 is 5.32 Å². The lowest BCUT2D eigenvalue weighted by Gasteiger charge is -2.34. The SMILES string of the molecule is Cc1cnc(C)c(-c2ccc(C(=O)NC[C@H]3Cc4ccccc4CN3C)cc2)n1. The van der Waals surface area contributed by atoms with E-state index in [1.165, 1.54) is 11.1 Å². The molecule has 1 amide bonds. The van der Waals surface area contributed by atoms with Crippen molar-refractivity contribution in [1.82, 2.24) is 20.2 Å². The van der Waals surface area contributed by atoms with E-state index in [2.05, 4.69) is 51.5 Å². The van der Waals surface area contributed by atoms with E-state index < -0.39 is 0 Å². The molecule has 1 aliphatic heterocycles. The highest BCUT2D eigenvalue weighted by Crippen LogP contribution is 2.22. The molecule has 5 heteroatoms. The van der Waals surface area contributed by atoms with Crippen LogP contribution in [0.4, 0.5) is 0 Å². The van der Waals surface area contributed by atoms with Crippen LogP contribution in [0, 0.1) is 13.8 Å². The second kappa shape index (κ2) is 8.13. The molecule has 148 valence electrons. The fraction of sp³-hybridized carbons (Fsp3) is 0.292. The van der Waals surface area contributed by atoms with E-state index in [0.717, 1.165) is 35.6 Å². The third-order valence-corrected chi connectivity index (χ3v) is 5.61. The molecule has 0 saturated carbocycles. The van der Waals surface area contributed by atoms with Gasteiger partial charge in [0.15, 0.2) is 0 Å². The number of nitrogens with one attached hydrogen (secondary N) is 1. The lowest BCUT2D eigenvalue weighted by Crippen LogP contribution is -2.45. The van der Waals surface area contributed by atoms with Gasteiger partial charge in [-0.1, -0.05) is 36.4 Å². The molecule has 0 aliphatic carbocycles. The Morgan fingerprint density at radius 1 is 1.10 bits per heavy atom.